The molecule has 0 unspecified atom stereocenters. The molecule has 0 aliphatic carbocycles. The van der Waals surface area contributed by atoms with E-state index in [-0.39, 0.29) is 6.03 Å². The van der Waals surface area contributed by atoms with Crippen molar-refractivity contribution in [2.75, 3.05) is 11.9 Å². The van der Waals surface area contributed by atoms with Gasteiger partial charge in [-0.1, -0.05) is 18.2 Å². The van der Waals surface area contributed by atoms with Crippen LogP contribution in [0.4, 0.5) is 10.6 Å². The first kappa shape index (κ1) is 14.5. The number of pyridine rings is 1. The Morgan fingerprint density at radius 2 is 1.95 bits per heavy atom. The smallest absolute Gasteiger partial charge is 0.320 e. The normalized spacial score (nSPS) is 9.95. The molecule has 1 heterocycles. The molecule has 0 aliphatic heterocycles. The number of benzene rings is 1. The highest BCUT2D eigenvalue weighted by atomic mass is 16.2. The first-order valence-electron chi connectivity index (χ1n) is 6.52. The molecule has 6 heteroatoms. The van der Waals surface area contributed by atoms with Crippen molar-refractivity contribution in [3.05, 3.63) is 48.0 Å². The van der Waals surface area contributed by atoms with Crippen molar-refractivity contribution in [1.29, 1.82) is 0 Å². The Morgan fingerprint density at radius 1 is 1.19 bits per heavy atom. The molecule has 0 saturated heterocycles. The molecule has 0 atom stereocenters. The molecule has 108 valence electrons. The van der Waals surface area contributed by atoms with Gasteiger partial charge in [-0.3, -0.25) is 10.1 Å². The molecule has 1 aromatic carbocycles. The fourth-order valence-corrected chi connectivity index (χ4v) is 1.82. The molecule has 21 heavy (non-hydrogen) atoms. The molecule has 6 nitrogen and oxygen atoms in total. The molecule has 2 rings (SSSR count). The number of urea groups is 1. The Hall–Kier alpha value is -2.89. The van der Waals surface area contributed by atoms with Crippen molar-refractivity contribution in [3.63, 3.8) is 0 Å². The molecule has 4 N–H and O–H groups in total. The average Bonchev–Trinajstić information content (AvgIpc) is 2.48. The van der Waals surface area contributed by atoms with E-state index in [0.29, 0.717) is 23.6 Å². The molecule has 0 saturated carbocycles. The number of primary amides is 1. The van der Waals surface area contributed by atoms with Crippen LogP contribution >= 0.6 is 0 Å². The van der Waals surface area contributed by atoms with Gasteiger partial charge in [0, 0.05) is 17.7 Å². The Labute approximate surface area is 122 Å². The summed E-state index contributed by atoms with van der Waals surface area (Å²) in [4.78, 5) is 27.0. The van der Waals surface area contributed by atoms with Crippen LogP contribution in [0.2, 0.25) is 0 Å². The van der Waals surface area contributed by atoms with E-state index in [1.54, 1.807) is 36.4 Å². The molecule has 0 fully saturated rings. The number of aromatic nitrogens is 1. The number of nitrogens with one attached hydrogen (secondary N) is 2. The summed E-state index contributed by atoms with van der Waals surface area (Å²) in [5.74, 6) is -0.0589. The Kier molecular flexibility index (Phi) is 4.50. The molecule has 0 radical (unpaired) electrons. The summed E-state index contributed by atoms with van der Waals surface area (Å²) in [6.45, 7) is 2.37. The maximum atomic E-state index is 11.5. The maximum absolute atomic E-state index is 11.5. The number of carbonyl (C=O) groups excluding carboxylic acids is 2. The molecule has 3 amide bonds. The lowest BCUT2D eigenvalue weighted by Crippen LogP contribution is -2.28. The number of carbonyl (C=O) groups is 2. The van der Waals surface area contributed by atoms with Crippen LogP contribution < -0.4 is 16.4 Å². The SMILES string of the molecule is CCNC(=O)Nc1cccc(-c2cccc(C(N)=O)c2)n1. The summed E-state index contributed by atoms with van der Waals surface area (Å²) in [5, 5.41) is 5.26. The third kappa shape index (κ3) is 3.79. The zero-order valence-corrected chi connectivity index (χ0v) is 11.6. The highest BCUT2D eigenvalue weighted by Gasteiger charge is 2.06. The van der Waals surface area contributed by atoms with E-state index < -0.39 is 5.91 Å². The predicted octanol–water partition coefficient (Wildman–Crippen LogP) is 1.99. The van der Waals surface area contributed by atoms with Gasteiger partial charge in [0.05, 0.1) is 5.69 Å². The fraction of sp³-hybridized carbons (Fsp3) is 0.133. The van der Waals surface area contributed by atoms with Gasteiger partial charge in [0.2, 0.25) is 5.91 Å². The van der Waals surface area contributed by atoms with Crippen LogP contribution in [0.3, 0.4) is 0 Å². The molecular weight excluding hydrogens is 268 g/mol. The largest absolute Gasteiger partial charge is 0.366 e. The fourth-order valence-electron chi connectivity index (χ4n) is 1.82. The van der Waals surface area contributed by atoms with Crippen LogP contribution in [-0.4, -0.2) is 23.5 Å². The standard InChI is InChI=1S/C15H16N4O2/c1-2-17-15(21)19-13-8-4-7-12(18-13)10-5-3-6-11(9-10)14(16)20/h3-9H,2H2,1H3,(H2,16,20)(H2,17,18,19,21). The maximum Gasteiger partial charge on any atom is 0.320 e. The second kappa shape index (κ2) is 6.51. The zero-order chi connectivity index (χ0) is 15.2. The third-order valence-electron chi connectivity index (χ3n) is 2.77. The highest BCUT2D eigenvalue weighted by molar-refractivity contribution is 5.94. The van der Waals surface area contributed by atoms with Gasteiger partial charge in [0.15, 0.2) is 0 Å². The summed E-state index contributed by atoms with van der Waals surface area (Å²) < 4.78 is 0. The van der Waals surface area contributed by atoms with Crippen LogP contribution in [0.5, 0.6) is 0 Å². The van der Waals surface area contributed by atoms with Crippen LogP contribution in [0.15, 0.2) is 42.5 Å². The van der Waals surface area contributed by atoms with Gasteiger partial charge in [-0.15, -0.1) is 0 Å². The Bertz CT molecular complexity index is 670. The second-order valence-corrected chi connectivity index (χ2v) is 4.34. The van der Waals surface area contributed by atoms with Crippen LogP contribution in [-0.2, 0) is 0 Å². The van der Waals surface area contributed by atoms with Gasteiger partial charge in [0.1, 0.15) is 5.82 Å². The predicted molar refractivity (Wildman–Crippen MR) is 80.9 cm³/mol. The molecule has 1 aromatic heterocycles. The van der Waals surface area contributed by atoms with Crippen molar-refractivity contribution in [2.45, 2.75) is 6.92 Å². The lowest BCUT2D eigenvalue weighted by molar-refractivity contribution is 0.100. The summed E-state index contributed by atoms with van der Waals surface area (Å²) in [7, 11) is 0. The number of rotatable bonds is 4. The first-order valence-corrected chi connectivity index (χ1v) is 6.52. The van der Waals surface area contributed by atoms with E-state index in [9.17, 15) is 9.59 Å². The van der Waals surface area contributed by atoms with Crippen LogP contribution in [0, 0.1) is 0 Å². The van der Waals surface area contributed by atoms with E-state index in [1.807, 2.05) is 13.0 Å². The number of nitrogens with two attached hydrogens (primary N) is 1. The summed E-state index contributed by atoms with van der Waals surface area (Å²) in [6, 6.07) is 11.8. The summed E-state index contributed by atoms with van der Waals surface area (Å²) >= 11 is 0. The minimum absolute atomic E-state index is 0.312. The monoisotopic (exact) mass is 284 g/mol. The van der Waals surface area contributed by atoms with Gasteiger partial charge in [0.25, 0.3) is 0 Å². The minimum Gasteiger partial charge on any atom is -0.366 e. The Balaban J connectivity index is 2.26. The van der Waals surface area contributed by atoms with Crippen molar-refractivity contribution in [2.24, 2.45) is 5.73 Å². The number of hydrogen-bond donors (Lipinski definition) is 3. The van der Waals surface area contributed by atoms with Crippen LogP contribution in [0.1, 0.15) is 17.3 Å². The topological polar surface area (TPSA) is 97.1 Å². The lowest BCUT2D eigenvalue weighted by atomic mass is 10.1. The quantitative estimate of drug-likeness (QED) is 0.800. The molecule has 2 aromatic rings. The number of hydrogen-bond acceptors (Lipinski definition) is 3. The Morgan fingerprint density at radius 3 is 2.67 bits per heavy atom. The van der Waals surface area contributed by atoms with Crippen molar-refractivity contribution in [1.82, 2.24) is 10.3 Å². The van der Waals surface area contributed by atoms with E-state index in [1.165, 1.54) is 0 Å². The average molecular weight is 284 g/mol. The lowest BCUT2D eigenvalue weighted by Gasteiger charge is -2.07. The van der Waals surface area contributed by atoms with Crippen molar-refractivity contribution < 1.29 is 9.59 Å². The summed E-state index contributed by atoms with van der Waals surface area (Å²) in [5.41, 5.74) is 7.08. The molecular formula is C15H16N4O2. The van der Waals surface area contributed by atoms with E-state index in [2.05, 4.69) is 15.6 Å². The van der Waals surface area contributed by atoms with Gasteiger partial charge in [-0.05, 0) is 31.2 Å². The van der Waals surface area contributed by atoms with Gasteiger partial charge in [-0.2, -0.15) is 0 Å². The van der Waals surface area contributed by atoms with Gasteiger partial charge < -0.3 is 11.1 Å². The van der Waals surface area contributed by atoms with Crippen molar-refractivity contribution in [3.8, 4) is 11.3 Å². The highest BCUT2D eigenvalue weighted by Crippen LogP contribution is 2.20. The van der Waals surface area contributed by atoms with E-state index >= 15 is 0 Å². The van der Waals surface area contributed by atoms with Crippen LogP contribution in [0.25, 0.3) is 11.3 Å². The number of amides is 3. The summed E-state index contributed by atoms with van der Waals surface area (Å²) in [6.07, 6.45) is 0. The van der Waals surface area contributed by atoms with Gasteiger partial charge in [-0.25, -0.2) is 9.78 Å². The molecule has 0 aliphatic rings. The van der Waals surface area contributed by atoms with E-state index in [0.717, 1.165) is 5.56 Å². The molecule has 0 bridgehead atoms. The number of nitrogens with zero attached hydrogens (tertiary/aromatic N) is 1. The van der Waals surface area contributed by atoms with E-state index in [4.69, 9.17) is 5.73 Å². The zero-order valence-electron chi connectivity index (χ0n) is 11.6. The molecule has 0 spiro atoms. The second-order valence-electron chi connectivity index (χ2n) is 4.34. The number of anilines is 1. The minimum atomic E-state index is -0.492. The third-order valence-corrected chi connectivity index (χ3v) is 2.77. The van der Waals surface area contributed by atoms with Gasteiger partial charge >= 0.3 is 6.03 Å². The van der Waals surface area contributed by atoms with Crippen molar-refractivity contribution >= 4 is 17.8 Å². The first-order chi connectivity index (χ1) is 10.1.